The number of hydrogen-bond donors (Lipinski definition) is 1. The molecule has 0 aliphatic rings. The van der Waals surface area contributed by atoms with Crippen molar-refractivity contribution in [2.24, 2.45) is 0 Å². The quantitative estimate of drug-likeness (QED) is 0.868. The zero-order valence-electron chi connectivity index (χ0n) is 10.3. The standard InChI is InChI=1S/C13H12N2O3S/c1-18-13(17)12-10(5-7-19-12)15-11(16)8-9-4-2-3-6-14-9/h2-7H,8H2,1H3,(H,15,16). The van der Waals surface area contributed by atoms with Crippen molar-refractivity contribution < 1.29 is 14.3 Å². The maximum Gasteiger partial charge on any atom is 0.350 e. The highest BCUT2D eigenvalue weighted by atomic mass is 32.1. The van der Waals surface area contributed by atoms with E-state index < -0.39 is 5.97 Å². The van der Waals surface area contributed by atoms with Crippen molar-refractivity contribution in [3.63, 3.8) is 0 Å². The Morgan fingerprint density at radius 3 is 2.89 bits per heavy atom. The van der Waals surface area contributed by atoms with E-state index in [1.54, 1.807) is 29.8 Å². The first-order chi connectivity index (χ1) is 9.20. The predicted molar refractivity (Wildman–Crippen MR) is 72.2 cm³/mol. The van der Waals surface area contributed by atoms with Crippen molar-refractivity contribution in [3.05, 3.63) is 46.4 Å². The van der Waals surface area contributed by atoms with E-state index in [-0.39, 0.29) is 12.3 Å². The van der Waals surface area contributed by atoms with Crippen molar-refractivity contribution in [3.8, 4) is 0 Å². The Hall–Kier alpha value is -2.21. The van der Waals surface area contributed by atoms with Crippen LogP contribution in [-0.4, -0.2) is 24.0 Å². The van der Waals surface area contributed by atoms with E-state index in [1.165, 1.54) is 18.4 Å². The zero-order chi connectivity index (χ0) is 13.7. The average molecular weight is 276 g/mol. The third kappa shape index (κ3) is 3.38. The van der Waals surface area contributed by atoms with Gasteiger partial charge in [0.2, 0.25) is 5.91 Å². The number of rotatable bonds is 4. The zero-order valence-corrected chi connectivity index (χ0v) is 11.1. The molecule has 0 unspecified atom stereocenters. The van der Waals surface area contributed by atoms with E-state index in [9.17, 15) is 9.59 Å². The number of amides is 1. The van der Waals surface area contributed by atoms with Gasteiger partial charge in [0.25, 0.3) is 0 Å². The van der Waals surface area contributed by atoms with Crippen LogP contribution in [0.1, 0.15) is 15.4 Å². The molecule has 0 aliphatic carbocycles. The minimum Gasteiger partial charge on any atom is -0.465 e. The lowest BCUT2D eigenvalue weighted by molar-refractivity contribution is -0.115. The van der Waals surface area contributed by atoms with Crippen LogP contribution in [0.25, 0.3) is 0 Å². The van der Waals surface area contributed by atoms with Gasteiger partial charge in [0.15, 0.2) is 0 Å². The van der Waals surface area contributed by atoms with Gasteiger partial charge in [0, 0.05) is 11.9 Å². The third-order valence-electron chi connectivity index (χ3n) is 2.38. The van der Waals surface area contributed by atoms with E-state index in [0.717, 1.165) is 0 Å². The van der Waals surface area contributed by atoms with Crippen LogP contribution >= 0.6 is 11.3 Å². The Bertz CT molecular complexity index is 581. The highest BCUT2D eigenvalue weighted by Crippen LogP contribution is 2.23. The lowest BCUT2D eigenvalue weighted by Crippen LogP contribution is -2.16. The fraction of sp³-hybridized carbons (Fsp3) is 0.154. The Labute approximate surface area is 114 Å². The van der Waals surface area contributed by atoms with Crippen molar-refractivity contribution in [2.75, 3.05) is 12.4 Å². The van der Waals surface area contributed by atoms with Crippen LogP contribution in [0.5, 0.6) is 0 Å². The molecule has 2 aromatic heterocycles. The van der Waals surface area contributed by atoms with Crippen LogP contribution in [0.3, 0.4) is 0 Å². The topological polar surface area (TPSA) is 68.3 Å². The minimum absolute atomic E-state index is 0.164. The fourth-order valence-electron chi connectivity index (χ4n) is 1.52. The second-order valence-corrected chi connectivity index (χ2v) is 4.62. The highest BCUT2D eigenvalue weighted by Gasteiger charge is 2.15. The van der Waals surface area contributed by atoms with E-state index >= 15 is 0 Å². The van der Waals surface area contributed by atoms with Crippen molar-refractivity contribution in [2.45, 2.75) is 6.42 Å². The summed E-state index contributed by atoms with van der Waals surface area (Å²) in [4.78, 5) is 27.8. The lowest BCUT2D eigenvalue weighted by atomic mass is 10.2. The highest BCUT2D eigenvalue weighted by molar-refractivity contribution is 7.12. The maximum absolute atomic E-state index is 11.8. The number of methoxy groups -OCH3 is 1. The van der Waals surface area contributed by atoms with Gasteiger partial charge in [0.05, 0.1) is 19.2 Å². The Kier molecular flexibility index (Phi) is 4.25. The summed E-state index contributed by atoms with van der Waals surface area (Å²) in [6.45, 7) is 0. The van der Waals surface area contributed by atoms with E-state index in [1.807, 2.05) is 6.07 Å². The van der Waals surface area contributed by atoms with Crippen LogP contribution in [0.4, 0.5) is 5.69 Å². The molecule has 1 N–H and O–H groups in total. The summed E-state index contributed by atoms with van der Waals surface area (Å²) in [5.74, 6) is -0.676. The fourth-order valence-corrected chi connectivity index (χ4v) is 2.29. The summed E-state index contributed by atoms with van der Waals surface area (Å²) in [5, 5.41) is 4.41. The lowest BCUT2D eigenvalue weighted by Gasteiger charge is -2.05. The molecule has 0 saturated carbocycles. The van der Waals surface area contributed by atoms with Crippen LogP contribution in [0.2, 0.25) is 0 Å². The largest absolute Gasteiger partial charge is 0.465 e. The molecule has 0 spiro atoms. The molecule has 5 nitrogen and oxygen atoms in total. The molecule has 2 rings (SSSR count). The number of nitrogens with one attached hydrogen (secondary N) is 1. The average Bonchev–Trinajstić information content (AvgIpc) is 2.87. The van der Waals surface area contributed by atoms with E-state index in [4.69, 9.17) is 0 Å². The summed E-state index contributed by atoms with van der Waals surface area (Å²) >= 11 is 1.23. The normalized spacial score (nSPS) is 9.95. The number of anilines is 1. The number of esters is 1. The number of thiophene rings is 1. The summed E-state index contributed by atoms with van der Waals surface area (Å²) < 4.78 is 4.64. The molecule has 1 amide bonds. The summed E-state index contributed by atoms with van der Waals surface area (Å²) in [6.07, 6.45) is 1.80. The van der Waals surface area contributed by atoms with Crippen LogP contribution in [-0.2, 0) is 16.0 Å². The van der Waals surface area contributed by atoms with Gasteiger partial charge in [-0.2, -0.15) is 0 Å². The van der Waals surface area contributed by atoms with Crippen LogP contribution in [0.15, 0.2) is 35.8 Å². The van der Waals surface area contributed by atoms with Gasteiger partial charge < -0.3 is 10.1 Å². The van der Waals surface area contributed by atoms with Gasteiger partial charge in [0.1, 0.15) is 4.88 Å². The smallest absolute Gasteiger partial charge is 0.350 e. The summed E-state index contributed by atoms with van der Waals surface area (Å²) in [5.41, 5.74) is 1.15. The van der Waals surface area contributed by atoms with Gasteiger partial charge in [-0.05, 0) is 23.6 Å². The van der Waals surface area contributed by atoms with Gasteiger partial charge >= 0.3 is 5.97 Å². The number of ether oxygens (including phenoxy) is 1. The number of carbonyl (C=O) groups excluding carboxylic acids is 2. The molecule has 6 heteroatoms. The Morgan fingerprint density at radius 2 is 2.21 bits per heavy atom. The van der Waals surface area contributed by atoms with Gasteiger partial charge in [-0.25, -0.2) is 4.79 Å². The summed E-state index contributed by atoms with van der Waals surface area (Å²) in [7, 11) is 1.31. The maximum atomic E-state index is 11.8. The van der Waals surface area contributed by atoms with Crippen LogP contribution < -0.4 is 5.32 Å². The second kappa shape index (κ2) is 6.10. The second-order valence-electron chi connectivity index (χ2n) is 3.70. The first-order valence-corrected chi connectivity index (χ1v) is 6.44. The molecule has 0 aliphatic heterocycles. The molecular weight excluding hydrogens is 264 g/mol. The summed E-state index contributed by atoms with van der Waals surface area (Å²) in [6, 6.07) is 7.05. The van der Waals surface area contributed by atoms with E-state index in [0.29, 0.717) is 16.3 Å². The number of pyridine rings is 1. The first kappa shape index (κ1) is 13.2. The number of nitrogens with zero attached hydrogens (tertiary/aromatic N) is 1. The van der Waals surface area contributed by atoms with Crippen molar-refractivity contribution in [1.29, 1.82) is 0 Å². The van der Waals surface area contributed by atoms with Gasteiger partial charge in [-0.1, -0.05) is 6.07 Å². The number of aromatic nitrogens is 1. The van der Waals surface area contributed by atoms with Gasteiger partial charge in [-0.15, -0.1) is 11.3 Å². The monoisotopic (exact) mass is 276 g/mol. The molecule has 98 valence electrons. The molecule has 0 radical (unpaired) electrons. The molecule has 0 atom stereocenters. The van der Waals surface area contributed by atoms with E-state index in [2.05, 4.69) is 15.0 Å². The molecule has 2 aromatic rings. The number of hydrogen-bond acceptors (Lipinski definition) is 5. The van der Waals surface area contributed by atoms with Gasteiger partial charge in [-0.3, -0.25) is 9.78 Å². The minimum atomic E-state index is -0.455. The molecule has 0 fully saturated rings. The number of carbonyl (C=O) groups is 2. The van der Waals surface area contributed by atoms with Crippen LogP contribution in [0, 0.1) is 0 Å². The first-order valence-electron chi connectivity index (χ1n) is 5.56. The molecule has 0 bridgehead atoms. The third-order valence-corrected chi connectivity index (χ3v) is 3.27. The molecule has 2 heterocycles. The Morgan fingerprint density at radius 1 is 1.37 bits per heavy atom. The molecular formula is C13H12N2O3S. The molecule has 0 aromatic carbocycles. The Balaban J connectivity index is 2.04. The SMILES string of the molecule is COC(=O)c1sccc1NC(=O)Cc1ccccn1. The van der Waals surface area contributed by atoms with Crippen molar-refractivity contribution >= 4 is 28.9 Å². The molecule has 19 heavy (non-hydrogen) atoms. The predicted octanol–water partition coefficient (Wildman–Crippen LogP) is 2.11. The molecule has 0 saturated heterocycles. The van der Waals surface area contributed by atoms with Crippen molar-refractivity contribution in [1.82, 2.24) is 4.98 Å².